The first-order valence-electron chi connectivity index (χ1n) is 9.39. The normalized spacial score (nSPS) is 20.5. The van der Waals surface area contributed by atoms with Crippen molar-refractivity contribution in [1.29, 1.82) is 0 Å². The van der Waals surface area contributed by atoms with E-state index in [1.807, 2.05) is 4.57 Å². The predicted octanol–water partition coefficient (Wildman–Crippen LogP) is 3.46. The van der Waals surface area contributed by atoms with E-state index in [2.05, 4.69) is 14.9 Å². The Bertz CT molecular complexity index is 871. The van der Waals surface area contributed by atoms with E-state index in [1.54, 1.807) is 12.7 Å². The number of hydrogen-bond donors (Lipinski definition) is 1. The monoisotopic (exact) mass is 432 g/mol. The van der Waals surface area contributed by atoms with E-state index in [4.69, 9.17) is 4.74 Å². The highest BCUT2D eigenvalue weighted by molar-refractivity contribution is 7.89. The van der Waals surface area contributed by atoms with Gasteiger partial charge in [0.2, 0.25) is 10.0 Å². The van der Waals surface area contributed by atoms with Crippen LogP contribution in [0.4, 0.5) is 13.2 Å². The van der Waals surface area contributed by atoms with Crippen LogP contribution in [0.5, 0.6) is 5.75 Å². The zero-order valence-corrected chi connectivity index (χ0v) is 16.5. The van der Waals surface area contributed by atoms with Gasteiger partial charge in [0.25, 0.3) is 0 Å². The third-order valence-corrected chi connectivity index (χ3v) is 6.37. The van der Waals surface area contributed by atoms with Crippen LogP contribution in [0.1, 0.15) is 44.6 Å². The average molecular weight is 432 g/mol. The molecular formula is C18H23F3N4O3S. The summed E-state index contributed by atoms with van der Waals surface area (Å²) >= 11 is 0. The second-order valence-corrected chi connectivity index (χ2v) is 8.80. The van der Waals surface area contributed by atoms with Gasteiger partial charge in [-0.2, -0.15) is 13.2 Å². The van der Waals surface area contributed by atoms with E-state index in [-0.39, 0.29) is 30.0 Å². The smallest absolute Gasteiger partial charge is 0.389 e. The van der Waals surface area contributed by atoms with Gasteiger partial charge in [-0.15, -0.1) is 10.2 Å². The van der Waals surface area contributed by atoms with Crippen LogP contribution in [-0.2, 0) is 10.0 Å². The number of nitrogens with one attached hydrogen (secondary N) is 1. The quantitative estimate of drug-likeness (QED) is 0.646. The molecule has 2 aromatic rings. The number of benzene rings is 1. The van der Waals surface area contributed by atoms with Crippen LogP contribution in [-0.4, -0.2) is 42.0 Å². The maximum absolute atomic E-state index is 12.7. The van der Waals surface area contributed by atoms with Crippen molar-refractivity contribution in [3.05, 3.63) is 36.9 Å². The van der Waals surface area contributed by atoms with Crippen LogP contribution in [0.3, 0.4) is 0 Å². The van der Waals surface area contributed by atoms with E-state index in [1.165, 1.54) is 24.3 Å². The van der Waals surface area contributed by atoms with Crippen molar-refractivity contribution in [2.75, 3.05) is 6.61 Å². The van der Waals surface area contributed by atoms with Crippen LogP contribution >= 0.6 is 0 Å². The second-order valence-electron chi connectivity index (χ2n) is 7.09. The molecule has 11 heteroatoms. The molecule has 0 unspecified atom stereocenters. The third-order valence-electron chi connectivity index (χ3n) is 4.83. The average Bonchev–Trinajstić information content (AvgIpc) is 3.20. The minimum absolute atomic E-state index is 0.0869. The number of aromatic nitrogens is 3. The fourth-order valence-corrected chi connectivity index (χ4v) is 4.69. The van der Waals surface area contributed by atoms with E-state index >= 15 is 0 Å². The molecule has 1 N–H and O–H groups in total. The Balaban J connectivity index is 1.54. The first-order chi connectivity index (χ1) is 13.7. The van der Waals surface area contributed by atoms with Crippen LogP contribution in [0.2, 0.25) is 0 Å². The summed E-state index contributed by atoms with van der Waals surface area (Å²) in [6.07, 6.45) is 1.22. The largest absolute Gasteiger partial charge is 0.494 e. The Hall–Kier alpha value is -2.14. The molecule has 0 aliphatic heterocycles. The van der Waals surface area contributed by atoms with Gasteiger partial charge in [-0.3, -0.25) is 0 Å². The van der Waals surface area contributed by atoms with E-state index < -0.39 is 22.6 Å². The van der Waals surface area contributed by atoms with Gasteiger partial charge in [-0.05, 0) is 56.4 Å². The topological polar surface area (TPSA) is 86.1 Å². The Kier molecular flexibility index (Phi) is 6.78. The van der Waals surface area contributed by atoms with Gasteiger partial charge in [0.05, 0.1) is 11.5 Å². The summed E-state index contributed by atoms with van der Waals surface area (Å²) in [6, 6.07) is 5.63. The maximum atomic E-state index is 12.7. The fourth-order valence-electron chi connectivity index (χ4n) is 3.40. The number of sulfonamides is 1. The van der Waals surface area contributed by atoms with Crippen molar-refractivity contribution in [1.82, 2.24) is 19.5 Å². The number of hydrogen-bond acceptors (Lipinski definition) is 5. The van der Waals surface area contributed by atoms with Gasteiger partial charge in [0, 0.05) is 18.5 Å². The molecule has 29 heavy (non-hydrogen) atoms. The molecule has 7 nitrogen and oxygen atoms in total. The van der Waals surface area contributed by atoms with Gasteiger partial charge in [0.1, 0.15) is 18.4 Å². The summed E-state index contributed by atoms with van der Waals surface area (Å²) in [7, 11) is -3.71. The Labute approximate surface area is 167 Å². The van der Waals surface area contributed by atoms with E-state index in [0.717, 1.165) is 19.3 Å². The molecular weight excluding hydrogens is 409 g/mol. The van der Waals surface area contributed by atoms with E-state index in [0.29, 0.717) is 12.2 Å². The lowest BCUT2D eigenvalue weighted by atomic mass is 9.91. The lowest BCUT2D eigenvalue weighted by Crippen LogP contribution is -2.38. The van der Waals surface area contributed by atoms with Crippen molar-refractivity contribution < 1.29 is 26.3 Å². The Morgan fingerprint density at radius 1 is 1.14 bits per heavy atom. The number of halogens is 3. The minimum atomic E-state index is -4.21. The number of ether oxygens (including phenoxy) is 1. The zero-order chi connectivity index (χ0) is 20.9. The zero-order valence-electron chi connectivity index (χ0n) is 15.7. The Morgan fingerprint density at radius 3 is 2.48 bits per heavy atom. The molecule has 160 valence electrons. The molecule has 0 radical (unpaired) electrons. The summed E-state index contributed by atoms with van der Waals surface area (Å²) in [6.45, 7) is -0.0869. The molecule has 0 amide bonds. The standard InChI is InChI=1S/C18H23F3N4O3S/c19-18(20,21)9-2-10-28-16-5-7-17(8-6-16)29(26,27)24-14-3-1-4-15(11-14)25-12-22-23-13-25/h5-8,12-15,24H,1-4,9-11H2/t14-,15+/m0/s1. The SMILES string of the molecule is O=S(=O)(N[C@H]1CCC[C@@H](n2cnnc2)C1)c1ccc(OCCCC(F)(F)F)cc1. The van der Waals surface area contributed by atoms with Crippen LogP contribution < -0.4 is 9.46 Å². The highest BCUT2D eigenvalue weighted by atomic mass is 32.2. The maximum Gasteiger partial charge on any atom is 0.389 e. The molecule has 0 bridgehead atoms. The van der Waals surface area contributed by atoms with Crippen molar-refractivity contribution in [3.63, 3.8) is 0 Å². The molecule has 1 heterocycles. The van der Waals surface area contributed by atoms with Crippen molar-refractivity contribution in [2.45, 2.75) is 61.7 Å². The van der Waals surface area contributed by atoms with Crippen LogP contribution in [0.15, 0.2) is 41.8 Å². The van der Waals surface area contributed by atoms with Crippen LogP contribution in [0, 0.1) is 0 Å². The first kappa shape index (κ1) is 21.6. The molecule has 1 aromatic carbocycles. The molecule has 0 spiro atoms. The summed E-state index contributed by atoms with van der Waals surface area (Å²) in [5.41, 5.74) is 0. The Morgan fingerprint density at radius 2 is 1.83 bits per heavy atom. The fraction of sp³-hybridized carbons (Fsp3) is 0.556. The lowest BCUT2D eigenvalue weighted by molar-refractivity contribution is -0.136. The third kappa shape index (κ3) is 6.43. The van der Waals surface area contributed by atoms with Gasteiger partial charge < -0.3 is 9.30 Å². The summed E-state index contributed by atoms with van der Waals surface area (Å²) in [4.78, 5) is 0.0894. The van der Waals surface area contributed by atoms with Gasteiger partial charge in [-0.1, -0.05) is 0 Å². The van der Waals surface area contributed by atoms with Gasteiger partial charge in [0.15, 0.2) is 0 Å². The van der Waals surface area contributed by atoms with Crippen molar-refractivity contribution in [3.8, 4) is 5.75 Å². The number of alkyl halides is 3. The highest BCUT2D eigenvalue weighted by Crippen LogP contribution is 2.29. The van der Waals surface area contributed by atoms with E-state index in [9.17, 15) is 21.6 Å². The summed E-state index contributed by atoms with van der Waals surface area (Å²) < 4.78 is 71.6. The second kappa shape index (κ2) is 9.12. The molecule has 0 saturated heterocycles. The first-order valence-corrected chi connectivity index (χ1v) is 10.9. The molecule has 1 aromatic heterocycles. The van der Waals surface area contributed by atoms with Gasteiger partial charge in [-0.25, -0.2) is 13.1 Å². The molecule has 1 aliphatic rings. The van der Waals surface area contributed by atoms with Crippen molar-refractivity contribution in [2.24, 2.45) is 0 Å². The molecule has 1 saturated carbocycles. The minimum Gasteiger partial charge on any atom is -0.494 e. The van der Waals surface area contributed by atoms with Crippen LogP contribution in [0.25, 0.3) is 0 Å². The van der Waals surface area contributed by atoms with Gasteiger partial charge >= 0.3 is 6.18 Å². The highest BCUT2D eigenvalue weighted by Gasteiger charge is 2.28. The number of rotatable bonds is 8. The summed E-state index contributed by atoms with van der Waals surface area (Å²) in [5.74, 6) is 0.330. The summed E-state index contributed by atoms with van der Waals surface area (Å²) in [5, 5.41) is 7.60. The lowest BCUT2D eigenvalue weighted by Gasteiger charge is -2.30. The molecule has 1 aliphatic carbocycles. The number of nitrogens with zero attached hydrogens (tertiary/aromatic N) is 3. The predicted molar refractivity (Wildman–Crippen MR) is 98.9 cm³/mol. The molecule has 2 atom stereocenters. The molecule has 3 rings (SSSR count). The van der Waals surface area contributed by atoms with Crippen molar-refractivity contribution >= 4 is 10.0 Å². The molecule has 1 fully saturated rings.